The average molecular weight is 245 g/mol. The van der Waals surface area contributed by atoms with Crippen LogP contribution in [-0.2, 0) is 6.54 Å². The van der Waals surface area contributed by atoms with Crippen LogP contribution in [0.5, 0.6) is 0 Å². The van der Waals surface area contributed by atoms with Gasteiger partial charge in [0.2, 0.25) is 0 Å². The Bertz CT molecular complexity index is 286. The highest BCUT2D eigenvalue weighted by Gasteiger charge is 2.01. The van der Waals surface area contributed by atoms with E-state index in [4.69, 9.17) is 16.0 Å². The first-order valence-corrected chi connectivity index (χ1v) is 6.21. The van der Waals surface area contributed by atoms with E-state index in [0.717, 1.165) is 44.1 Å². The van der Waals surface area contributed by atoms with Crippen molar-refractivity contribution in [3.63, 3.8) is 0 Å². The lowest BCUT2D eigenvalue weighted by molar-refractivity contribution is 0.528. The van der Waals surface area contributed by atoms with Crippen molar-refractivity contribution in [2.75, 3.05) is 19.6 Å². The van der Waals surface area contributed by atoms with E-state index in [1.807, 2.05) is 6.07 Å². The highest BCUT2D eigenvalue weighted by molar-refractivity contribution is 6.29. The predicted octanol–water partition coefficient (Wildman–Crippen LogP) is 2.66. The monoisotopic (exact) mass is 244 g/mol. The summed E-state index contributed by atoms with van der Waals surface area (Å²) in [6.07, 6.45) is 2.74. The summed E-state index contributed by atoms with van der Waals surface area (Å²) >= 11 is 5.82. The van der Waals surface area contributed by atoms with Gasteiger partial charge in [0.25, 0.3) is 0 Å². The van der Waals surface area contributed by atoms with Crippen LogP contribution in [0.3, 0.4) is 0 Å². The van der Waals surface area contributed by atoms with Crippen molar-refractivity contribution in [3.8, 4) is 0 Å². The zero-order valence-corrected chi connectivity index (χ0v) is 10.8. The van der Waals surface area contributed by atoms with Crippen LogP contribution in [0.25, 0.3) is 0 Å². The molecule has 0 aliphatic rings. The van der Waals surface area contributed by atoms with Gasteiger partial charge in [-0.2, -0.15) is 0 Å². The van der Waals surface area contributed by atoms with Crippen molar-refractivity contribution in [3.05, 3.63) is 23.1 Å². The molecule has 1 rings (SSSR count). The molecule has 0 saturated heterocycles. The molecule has 0 radical (unpaired) electrons. The van der Waals surface area contributed by atoms with Crippen LogP contribution >= 0.6 is 11.6 Å². The van der Waals surface area contributed by atoms with E-state index in [1.165, 1.54) is 0 Å². The Morgan fingerprint density at radius 2 is 2.06 bits per heavy atom. The maximum absolute atomic E-state index is 5.82. The Morgan fingerprint density at radius 3 is 2.69 bits per heavy atom. The third-order valence-electron chi connectivity index (χ3n) is 2.27. The summed E-state index contributed by atoms with van der Waals surface area (Å²) in [4.78, 5) is 0. The van der Waals surface area contributed by atoms with Crippen molar-refractivity contribution >= 4 is 11.6 Å². The molecule has 3 nitrogen and oxygen atoms in total. The summed E-state index contributed by atoms with van der Waals surface area (Å²) in [5.41, 5.74) is 1.02. The molecule has 1 heterocycles. The lowest BCUT2D eigenvalue weighted by atomic mass is 10.2. The zero-order valence-electron chi connectivity index (χ0n) is 10.1. The molecule has 16 heavy (non-hydrogen) atoms. The molecule has 1 aromatic rings. The molecule has 2 N–H and O–H groups in total. The molecule has 0 amide bonds. The zero-order chi connectivity index (χ0) is 11.8. The smallest absolute Gasteiger partial charge is 0.197 e. The summed E-state index contributed by atoms with van der Waals surface area (Å²) in [5.74, 6) is 0.720. The molecule has 0 aliphatic carbocycles. The normalized spacial score (nSPS) is 11.2. The number of furan rings is 1. The Morgan fingerprint density at radius 1 is 1.31 bits per heavy atom. The molecule has 0 spiro atoms. The molecule has 1 aromatic heterocycles. The minimum Gasteiger partial charge on any atom is -0.453 e. The summed E-state index contributed by atoms with van der Waals surface area (Å²) in [6.45, 7) is 8.35. The third-order valence-corrected chi connectivity index (χ3v) is 2.60. The highest BCUT2D eigenvalue weighted by Crippen LogP contribution is 2.15. The Kier molecular flexibility index (Phi) is 6.53. The van der Waals surface area contributed by atoms with E-state index in [0.29, 0.717) is 5.22 Å². The van der Waals surface area contributed by atoms with Gasteiger partial charge in [-0.25, -0.2) is 0 Å². The fourth-order valence-electron chi connectivity index (χ4n) is 1.40. The van der Waals surface area contributed by atoms with Crippen molar-refractivity contribution in [1.82, 2.24) is 10.6 Å². The highest BCUT2D eigenvalue weighted by atomic mass is 35.5. The maximum atomic E-state index is 5.82. The van der Waals surface area contributed by atoms with Crippen LogP contribution in [0.4, 0.5) is 0 Å². The molecule has 0 atom stereocenters. The van der Waals surface area contributed by atoms with E-state index in [1.54, 1.807) is 6.26 Å². The van der Waals surface area contributed by atoms with Crippen molar-refractivity contribution < 1.29 is 4.42 Å². The number of hydrogen-bond acceptors (Lipinski definition) is 3. The van der Waals surface area contributed by atoms with E-state index in [-0.39, 0.29) is 0 Å². The van der Waals surface area contributed by atoms with Crippen molar-refractivity contribution in [1.29, 1.82) is 0 Å². The molecular weight excluding hydrogens is 224 g/mol. The predicted molar refractivity (Wildman–Crippen MR) is 67.7 cm³/mol. The minimum absolute atomic E-state index is 0.491. The van der Waals surface area contributed by atoms with Gasteiger partial charge in [-0.1, -0.05) is 13.8 Å². The molecule has 0 bridgehead atoms. The second-order valence-electron chi connectivity index (χ2n) is 4.35. The van der Waals surface area contributed by atoms with Gasteiger partial charge in [0.05, 0.1) is 6.26 Å². The van der Waals surface area contributed by atoms with Crippen LogP contribution in [-0.4, -0.2) is 19.6 Å². The molecule has 0 saturated carbocycles. The number of hydrogen-bond donors (Lipinski definition) is 2. The first kappa shape index (κ1) is 13.6. The second-order valence-corrected chi connectivity index (χ2v) is 4.69. The number of nitrogens with one attached hydrogen (secondary N) is 2. The van der Waals surface area contributed by atoms with Crippen LogP contribution < -0.4 is 10.6 Å². The molecule has 0 aliphatic heterocycles. The first-order chi connectivity index (χ1) is 7.70. The SMILES string of the molecule is CC(C)CNCCCNCc1ccoc1Cl. The molecule has 92 valence electrons. The third kappa shape index (κ3) is 5.54. The van der Waals surface area contributed by atoms with Crippen LogP contribution in [0.2, 0.25) is 5.22 Å². The van der Waals surface area contributed by atoms with Crippen molar-refractivity contribution in [2.24, 2.45) is 5.92 Å². The van der Waals surface area contributed by atoms with Gasteiger partial charge in [-0.3, -0.25) is 0 Å². The van der Waals surface area contributed by atoms with E-state index in [9.17, 15) is 0 Å². The van der Waals surface area contributed by atoms with Crippen LogP contribution in [0, 0.1) is 5.92 Å². The lowest BCUT2D eigenvalue weighted by Crippen LogP contribution is -2.24. The largest absolute Gasteiger partial charge is 0.453 e. The molecule has 0 aromatic carbocycles. The fourth-order valence-corrected chi connectivity index (χ4v) is 1.58. The summed E-state index contributed by atoms with van der Waals surface area (Å²) in [7, 11) is 0. The Hall–Kier alpha value is -0.510. The van der Waals surface area contributed by atoms with Crippen LogP contribution in [0.15, 0.2) is 16.7 Å². The first-order valence-electron chi connectivity index (χ1n) is 5.83. The maximum Gasteiger partial charge on any atom is 0.197 e. The number of rotatable bonds is 8. The van der Waals surface area contributed by atoms with E-state index < -0.39 is 0 Å². The fraction of sp³-hybridized carbons (Fsp3) is 0.667. The quantitative estimate of drug-likeness (QED) is 0.691. The lowest BCUT2D eigenvalue weighted by Gasteiger charge is -2.07. The Balaban J connectivity index is 1.94. The van der Waals surface area contributed by atoms with E-state index in [2.05, 4.69) is 24.5 Å². The van der Waals surface area contributed by atoms with Gasteiger partial charge in [-0.05, 0) is 49.6 Å². The topological polar surface area (TPSA) is 37.2 Å². The average Bonchev–Trinajstić information content (AvgIpc) is 2.62. The van der Waals surface area contributed by atoms with E-state index >= 15 is 0 Å². The van der Waals surface area contributed by atoms with Crippen LogP contribution in [0.1, 0.15) is 25.8 Å². The standard InChI is InChI=1S/C12H21ClN2O/c1-10(2)8-14-5-3-6-15-9-11-4-7-16-12(11)13/h4,7,10,14-15H,3,5-6,8-9H2,1-2H3. The van der Waals surface area contributed by atoms with Gasteiger partial charge in [0, 0.05) is 12.1 Å². The van der Waals surface area contributed by atoms with Gasteiger partial charge in [-0.15, -0.1) is 0 Å². The van der Waals surface area contributed by atoms with Crippen molar-refractivity contribution in [2.45, 2.75) is 26.8 Å². The second kappa shape index (κ2) is 7.71. The summed E-state index contributed by atoms with van der Waals surface area (Å²) in [5, 5.41) is 7.23. The molecule has 0 unspecified atom stereocenters. The number of halogens is 1. The molecule has 0 fully saturated rings. The Labute approximate surface area is 103 Å². The summed E-state index contributed by atoms with van der Waals surface area (Å²) in [6, 6.07) is 1.90. The minimum atomic E-state index is 0.491. The van der Waals surface area contributed by atoms with Gasteiger partial charge >= 0.3 is 0 Å². The van der Waals surface area contributed by atoms with Gasteiger partial charge in [0.1, 0.15) is 0 Å². The van der Waals surface area contributed by atoms with Gasteiger partial charge < -0.3 is 15.1 Å². The van der Waals surface area contributed by atoms with Gasteiger partial charge in [0.15, 0.2) is 5.22 Å². The molecule has 4 heteroatoms. The molecular formula is C12H21ClN2O. The summed E-state index contributed by atoms with van der Waals surface area (Å²) < 4.78 is 5.00.